The van der Waals surface area contributed by atoms with Gasteiger partial charge in [0, 0.05) is 31.2 Å². The molecule has 2 aliphatic rings. The first-order chi connectivity index (χ1) is 10.8. The lowest BCUT2D eigenvalue weighted by atomic mass is 9.49. The number of allylic oxidation sites excluding steroid dienone is 1. The molecule has 2 aliphatic carbocycles. The van der Waals surface area contributed by atoms with E-state index in [0.717, 1.165) is 6.07 Å². The van der Waals surface area contributed by atoms with Crippen molar-refractivity contribution >= 4 is 5.69 Å². The molecule has 4 atom stereocenters. The number of nitrogens with zero attached hydrogens (tertiary/aromatic N) is 1. The third-order valence-electron chi connectivity index (χ3n) is 5.23. The number of nitriles is 1. The van der Waals surface area contributed by atoms with Crippen molar-refractivity contribution in [3.63, 3.8) is 0 Å². The summed E-state index contributed by atoms with van der Waals surface area (Å²) in [5.74, 6) is 1.03. The lowest BCUT2D eigenvalue weighted by molar-refractivity contribution is -0.178. The predicted molar refractivity (Wildman–Crippen MR) is 79.7 cm³/mol. The Kier molecular flexibility index (Phi) is 3.64. The summed E-state index contributed by atoms with van der Waals surface area (Å²) in [6.07, 6.45) is -0.298. The van der Waals surface area contributed by atoms with Crippen LogP contribution in [0.4, 0.5) is 18.9 Å². The molecule has 0 aliphatic heterocycles. The van der Waals surface area contributed by atoms with Gasteiger partial charge in [0.15, 0.2) is 0 Å². The molecule has 0 bridgehead atoms. The Bertz CT molecular complexity index is 692. The van der Waals surface area contributed by atoms with Crippen LogP contribution >= 0.6 is 0 Å². The van der Waals surface area contributed by atoms with E-state index in [9.17, 15) is 13.2 Å². The van der Waals surface area contributed by atoms with Crippen LogP contribution in [0.1, 0.15) is 18.1 Å². The second kappa shape index (κ2) is 5.27. The Morgan fingerprint density at radius 3 is 2.61 bits per heavy atom. The molecule has 1 fully saturated rings. The van der Waals surface area contributed by atoms with Crippen LogP contribution < -0.4 is 5.32 Å². The molecule has 122 valence electrons. The summed E-state index contributed by atoms with van der Waals surface area (Å²) in [7, 11) is 1.67. The molecule has 1 saturated carbocycles. The van der Waals surface area contributed by atoms with Crippen LogP contribution in [-0.4, -0.2) is 19.3 Å². The SMILES string of the molecule is COC1(C)C2C=CC2C1CNc1ccc(C#N)c(C(F)(F)F)c1. The van der Waals surface area contributed by atoms with E-state index in [1.165, 1.54) is 12.1 Å². The van der Waals surface area contributed by atoms with E-state index >= 15 is 0 Å². The van der Waals surface area contributed by atoms with Gasteiger partial charge in [-0.2, -0.15) is 18.4 Å². The third kappa shape index (κ3) is 2.40. The van der Waals surface area contributed by atoms with Gasteiger partial charge in [-0.1, -0.05) is 12.2 Å². The van der Waals surface area contributed by atoms with Crippen molar-refractivity contribution in [1.82, 2.24) is 0 Å². The van der Waals surface area contributed by atoms with Crippen LogP contribution in [0, 0.1) is 29.1 Å². The molecule has 0 radical (unpaired) electrons. The number of alkyl halides is 3. The maximum atomic E-state index is 13.0. The van der Waals surface area contributed by atoms with Gasteiger partial charge in [-0.05, 0) is 31.0 Å². The summed E-state index contributed by atoms with van der Waals surface area (Å²) in [4.78, 5) is 0. The molecule has 4 unspecified atom stereocenters. The topological polar surface area (TPSA) is 45.0 Å². The molecule has 0 amide bonds. The number of anilines is 1. The van der Waals surface area contributed by atoms with E-state index in [0.29, 0.717) is 24.1 Å². The van der Waals surface area contributed by atoms with Gasteiger partial charge in [0.1, 0.15) is 0 Å². The van der Waals surface area contributed by atoms with E-state index in [4.69, 9.17) is 10.00 Å². The highest BCUT2D eigenvalue weighted by atomic mass is 19.4. The van der Waals surface area contributed by atoms with Gasteiger partial charge in [0.05, 0.1) is 22.8 Å². The molecular formula is C17H17F3N2O. The molecule has 0 spiro atoms. The molecule has 1 N–H and O–H groups in total. The van der Waals surface area contributed by atoms with E-state index in [1.807, 2.05) is 6.92 Å². The Hall–Kier alpha value is -2.00. The van der Waals surface area contributed by atoms with Crippen LogP contribution in [0.15, 0.2) is 30.4 Å². The summed E-state index contributed by atoms with van der Waals surface area (Å²) < 4.78 is 44.6. The van der Waals surface area contributed by atoms with Crippen LogP contribution in [0.2, 0.25) is 0 Å². The fourth-order valence-corrected chi connectivity index (χ4v) is 3.66. The lowest BCUT2D eigenvalue weighted by Gasteiger charge is -2.61. The van der Waals surface area contributed by atoms with Crippen molar-refractivity contribution in [2.45, 2.75) is 18.7 Å². The first-order valence-corrected chi connectivity index (χ1v) is 7.40. The Balaban J connectivity index is 1.75. The van der Waals surface area contributed by atoms with Gasteiger partial charge in [-0.15, -0.1) is 0 Å². The van der Waals surface area contributed by atoms with Crippen molar-refractivity contribution in [2.75, 3.05) is 19.0 Å². The molecule has 3 rings (SSSR count). The maximum absolute atomic E-state index is 13.0. The van der Waals surface area contributed by atoms with E-state index in [-0.39, 0.29) is 17.1 Å². The van der Waals surface area contributed by atoms with E-state index < -0.39 is 11.7 Å². The van der Waals surface area contributed by atoms with Gasteiger partial charge < -0.3 is 10.1 Å². The molecule has 1 aromatic rings. The second-order valence-electron chi connectivity index (χ2n) is 6.23. The van der Waals surface area contributed by atoms with Gasteiger partial charge in [0.2, 0.25) is 0 Å². The van der Waals surface area contributed by atoms with Crippen molar-refractivity contribution in [3.8, 4) is 6.07 Å². The van der Waals surface area contributed by atoms with Gasteiger partial charge in [-0.25, -0.2) is 0 Å². The second-order valence-corrected chi connectivity index (χ2v) is 6.23. The number of rotatable bonds is 4. The van der Waals surface area contributed by atoms with Crippen molar-refractivity contribution < 1.29 is 17.9 Å². The number of hydrogen-bond donors (Lipinski definition) is 1. The summed E-state index contributed by atoms with van der Waals surface area (Å²) in [5, 5.41) is 11.9. The highest BCUT2D eigenvalue weighted by Crippen LogP contribution is 2.57. The smallest absolute Gasteiger partial charge is 0.385 e. The van der Waals surface area contributed by atoms with Gasteiger partial charge >= 0.3 is 6.18 Å². The van der Waals surface area contributed by atoms with E-state index in [1.54, 1.807) is 13.2 Å². The van der Waals surface area contributed by atoms with Crippen molar-refractivity contribution in [2.24, 2.45) is 17.8 Å². The molecular weight excluding hydrogens is 305 g/mol. The van der Waals surface area contributed by atoms with Crippen LogP contribution in [0.25, 0.3) is 0 Å². The van der Waals surface area contributed by atoms with Gasteiger partial charge in [0.25, 0.3) is 0 Å². The summed E-state index contributed by atoms with van der Waals surface area (Å²) >= 11 is 0. The van der Waals surface area contributed by atoms with Crippen LogP contribution in [0.5, 0.6) is 0 Å². The predicted octanol–water partition coefficient (Wildman–Crippen LogP) is 3.83. The highest BCUT2D eigenvalue weighted by molar-refractivity contribution is 5.53. The first kappa shape index (κ1) is 15.9. The molecule has 6 heteroatoms. The lowest BCUT2D eigenvalue weighted by Crippen LogP contribution is -2.65. The number of fused-ring (bicyclic) bond motifs is 1. The number of methoxy groups -OCH3 is 1. The number of benzene rings is 1. The minimum Gasteiger partial charge on any atom is -0.385 e. The average Bonchev–Trinajstić information content (AvgIpc) is 2.48. The van der Waals surface area contributed by atoms with Crippen molar-refractivity contribution in [1.29, 1.82) is 5.26 Å². The van der Waals surface area contributed by atoms with E-state index in [2.05, 4.69) is 17.5 Å². The zero-order chi connectivity index (χ0) is 16.8. The number of nitrogens with one attached hydrogen (secondary N) is 1. The summed E-state index contributed by atoms with van der Waals surface area (Å²) in [6.45, 7) is 2.56. The molecule has 3 nitrogen and oxygen atoms in total. The number of ether oxygens (including phenoxy) is 1. The molecule has 23 heavy (non-hydrogen) atoms. The summed E-state index contributed by atoms with van der Waals surface area (Å²) in [5.41, 5.74) is -1.18. The highest BCUT2D eigenvalue weighted by Gasteiger charge is 2.60. The monoisotopic (exact) mass is 322 g/mol. The number of hydrogen-bond acceptors (Lipinski definition) is 3. The fraction of sp³-hybridized carbons (Fsp3) is 0.471. The molecule has 0 aromatic heterocycles. The maximum Gasteiger partial charge on any atom is 0.417 e. The molecule has 0 saturated heterocycles. The average molecular weight is 322 g/mol. The quantitative estimate of drug-likeness (QED) is 0.857. The Morgan fingerprint density at radius 2 is 2.09 bits per heavy atom. The van der Waals surface area contributed by atoms with Gasteiger partial charge in [-0.3, -0.25) is 0 Å². The number of halogens is 3. The van der Waals surface area contributed by atoms with Crippen LogP contribution in [0.3, 0.4) is 0 Å². The molecule has 1 aromatic carbocycles. The largest absolute Gasteiger partial charge is 0.417 e. The Morgan fingerprint density at radius 1 is 1.35 bits per heavy atom. The normalized spacial score (nSPS) is 31.6. The Labute approximate surface area is 132 Å². The third-order valence-corrected chi connectivity index (χ3v) is 5.23. The first-order valence-electron chi connectivity index (χ1n) is 7.40. The fourth-order valence-electron chi connectivity index (χ4n) is 3.66. The zero-order valence-electron chi connectivity index (χ0n) is 12.8. The molecule has 0 heterocycles. The standard InChI is InChI=1S/C17H17F3N2O/c1-16(23-2)13-6-5-12(13)15(16)9-22-11-4-3-10(8-21)14(7-11)17(18,19)20/h3-7,12-13,15,22H,9H2,1-2H3. The minimum atomic E-state index is -4.54. The minimum absolute atomic E-state index is 0.215. The zero-order valence-corrected chi connectivity index (χ0v) is 12.8. The summed E-state index contributed by atoms with van der Waals surface area (Å²) in [6, 6.07) is 5.29. The van der Waals surface area contributed by atoms with Crippen molar-refractivity contribution in [3.05, 3.63) is 41.5 Å². The van der Waals surface area contributed by atoms with Crippen LogP contribution in [-0.2, 0) is 10.9 Å².